The number of anilines is 2. The van der Waals surface area contributed by atoms with Gasteiger partial charge in [-0.15, -0.1) is 0 Å². The number of phenolic OH excluding ortho intramolecular Hbond substituents is 2. The van der Waals surface area contributed by atoms with E-state index >= 15 is 0 Å². The van der Waals surface area contributed by atoms with E-state index in [9.17, 15) is 46.1 Å². The molecular formula is C45H36F6N2O4. The van der Waals surface area contributed by atoms with Crippen molar-refractivity contribution in [2.24, 2.45) is 0 Å². The molecule has 6 aromatic carbocycles. The summed E-state index contributed by atoms with van der Waals surface area (Å²) in [6, 6.07) is 33.8. The summed E-state index contributed by atoms with van der Waals surface area (Å²) in [5.74, 6) is -1.11. The van der Waals surface area contributed by atoms with E-state index in [1.165, 1.54) is 48.5 Å². The molecular weight excluding hydrogens is 746 g/mol. The number of alkyl halides is 6. The molecule has 6 aromatic rings. The van der Waals surface area contributed by atoms with Crippen molar-refractivity contribution < 1.29 is 46.1 Å². The summed E-state index contributed by atoms with van der Waals surface area (Å²) in [4.78, 5) is 26.5. The van der Waals surface area contributed by atoms with Crippen LogP contribution in [0.1, 0.15) is 63.1 Å². The molecule has 8 rings (SSSR count). The number of nitrogens with one attached hydrogen (secondary N) is 2. The van der Waals surface area contributed by atoms with Gasteiger partial charge >= 0.3 is 12.4 Å². The number of rotatable bonds is 4. The van der Waals surface area contributed by atoms with E-state index in [1.54, 1.807) is 48.5 Å². The number of hydrogen-bond donors (Lipinski definition) is 4. The van der Waals surface area contributed by atoms with Gasteiger partial charge in [0.1, 0.15) is 22.3 Å². The molecule has 2 aliphatic rings. The molecule has 0 aromatic heterocycles. The summed E-state index contributed by atoms with van der Waals surface area (Å²) >= 11 is 0. The Kier molecular flexibility index (Phi) is 10.2. The summed E-state index contributed by atoms with van der Waals surface area (Å²) in [6.07, 6.45) is -9.20. The van der Waals surface area contributed by atoms with Crippen LogP contribution in [0, 0.1) is 13.8 Å². The van der Waals surface area contributed by atoms with Gasteiger partial charge in [-0.1, -0.05) is 116 Å². The zero-order chi connectivity index (χ0) is 40.2. The van der Waals surface area contributed by atoms with Crippen LogP contribution in [0.25, 0.3) is 0 Å². The standard InChI is InChI=1S/2C22H16F3NO2.CH4/c2*1-13-5-7-14(8-6-13)21(15-9-11-16(27)12-10-15)17-3-2-4-18(22(23,24)25)19(17)26-20(21)28;/h2*2-12,27H,1H3,(H,26,28);1H4. The van der Waals surface area contributed by atoms with Gasteiger partial charge in [-0.25, -0.2) is 0 Å². The second-order valence-corrected chi connectivity index (χ2v) is 13.7. The largest absolute Gasteiger partial charge is 0.508 e. The van der Waals surface area contributed by atoms with E-state index < -0.39 is 46.1 Å². The fourth-order valence-corrected chi connectivity index (χ4v) is 7.64. The number of amides is 2. The summed E-state index contributed by atoms with van der Waals surface area (Å²) in [7, 11) is 0. The fraction of sp³-hybridized carbons (Fsp3) is 0.156. The number of halogens is 6. The quantitative estimate of drug-likeness (QED) is 0.134. The second-order valence-electron chi connectivity index (χ2n) is 13.7. The van der Waals surface area contributed by atoms with Gasteiger partial charge in [0.25, 0.3) is 0 Å². The predicted octanol–water partition coefficient (Wildman–Crippen LogP) is 10.6. The third-order valence-electron chi connectivity index (χ3n) is 10.3. The number of hydrogen-bond acceptors (Lipinski definition) is 4. The highest BCUT2D eigenvalue weighted by Gasteiger charge is 2.54. The van der Waals surface area contributed by atoms with E-state index in [1.807, 2.05) is 38.1 Å². The van der Waals surface area contributed by atoms with Gasteiger partial charge in [-0.05, 0) is 72.5 Å². The maximum absolute atomic E-state index is 13.5. The molecule has 12 heteroatoms. The van der Waals surface area contributed by atoms with Crippen molar-refractivity contribution in [2.45, 2.75) is 44.5 Å². The van der Waals surface area contributed by atoms with Crippen LogP contribution in [0.2, 0.25) is 0 Å². The molecule has 0 radical (unpaired) electrons. The lowest BCUT2D eigenvalue weighted by atomic mass is 9.70. The minimum atomic E-state index is -4.60. The molecule has 6 nitrogen and oxygen atoms in total. The molecule has 0 bridgehead atoms. The van der Waals surface area contributed by atoms with E-state index in [0.29, 0.717) is 22.3 Å². The van der Waals surface area contributed by atoms with Crippen molar-refractivity contribution >= 4 is 23.2 Å². The molecule has 0 spiro atoms. The van der Waals surface area contributed by atoms with Crippen molar-refractivity contribution in [1.82, 2.24) is 0 Å². The predicted molar refractivity (Wildman–Crippen MR) is 205 cm³/mol. The molecule has 4 N–H and O–H groups in total. The van der Waals surface area contributed by atoms with Gasteiger partial charge in [0.15, 0.2) is 0 Å². The van der Waals surface area contributed by atoms with Gasteiger partial charge in [0.2, 0.25) is 11.8 Å². The monoisotopic (exact) mass is 782 g/mol. The minimum Gasteiger partial charge on any atom is -0.508 e. The maximum atomic E-state index is 13.5. The van der Waals surface area contributed by atoms with Crippen LogP contribution < -0.4 is 10.6 Å². The van der Waals surface area contributed by atoms with Crippen molar-refractivity contribution in [1.29, 1.82) is 0 Å². The number of aryl methyl sites for hydroxylation is 2. The molecule has 0 saturated carbocycles. The lowest BCUT2D eigenvalue weighted by molar-refractivity contribution is -0.137. The highest BCUT2D eigenvalue weighted by atomic mass is 19.4. The van der Waals surface area contributed by atoms with Gasteiger partial charge in [-0.2, -0.15) is 26.3 Å². The molecule has 2 unspecified atom stereocenters. The first-order valence-corrected chi connectivity index (χ1v) is 17.3. The molecule has 2 heterocycles. The first-order valence-electron chi connectivity index (χ1n) is 17.3. The molecule has 0 aliphatic carbocycles. The third-order valence-corrected chi connectivity index (χ3v) is 10.3. The van der Waals surface area contributed by atoms with Crippen LogP contribution in [-0.4, -0.2) is 22.0 Å². The molecule has 2 aliphatic heterocycles. The average molecular weight is 783 g/mol. The number of aromatic hydroxyl groups is 2. The molecule has 57 heavy (non-hydrogen) atoms. The lowest BCUT2D eigenvalue weighted by Crippen LogP contribution is -2.36. The Balaban J connectivity index is 0.000000189. The van der Waals surface area contributed by atoms with Crippen LogP contribution in [0.3, 0.4) is 0 Å². The van der Waals surface area contributed by atoms with Crippen molar-refractivity contribution in [3.8, 4) is 11.5 Å². The Morgan fingerprint density at radius 1 is 0.456 bits per heavy atom. The van der Waals surface area contributed by atoms with E-state index in [2.05, 4.69) is 10.6 Å². The number of carbonyl (C=O) groups excluding carboxylic acids is 2. The van der Waals surface area contributed by atoms with E-state index in [4.69, 9.17) is 0 Å². The third kappa shape index (κ3) is 6.64. The van der Waals surface area contributed by atoms with Crippen LogP contribution >= 0.6 is 0 Å². The summed E-state index contributed by atoms with van der Waals surface area (Å²) in [6.45, 7) is 3.78. The van der Waals surface area contributed by atoms with Gasteiger partial charge in [-0.3, -0.25) is 9.59 Å². The second kappa shape index (κ2) is 14.5. The van der Waals surface area contributed by atoms with Gasteiger partial charge in [0.05, 0.1) is 22.5 Å². The highest BCUT2D eigenvalue weighted by Crippen LogP contribution is 2.53. The van der Waals surface area contributed by atoms with Gasteiger partial charge < -0.3 is 20.8 Å². The SMILES string of the molecule is C.Cc1ccc(C2(c3ccc(O)cc3)C(=O)Nc3c(C(F)(F)F)cccc32)cc1.Cc1ccc(C2(c3ccc(O)cc3)C(=O)Nc3c(C(F)(F)F)cccc32)cc1. The Morgan fingerprint density at radius 2 is 0.737 bits per heavy atom. The lowest BCUT2D eigenvalue weighted by Gasteiger charge is -2.29. The number of para-hydroxylation sites is 2. The summed E-state index contributed by atoms with van der Waals surface area (Å²) in [5.41, 5.74) is -0.647. The van der Waals surface area contributed by atoms with Crippen molar-refractivity contribution in [3.05, 3.63) is 189 Å². The van der Waals surface area contributed by atoms with Gasteiger partial charge in [0, 0.05) is 11.1 Å². The maximum Gasteiger partial charge on any atom is 0.418 e. The number of phenols is 2. The summed E-state index contributed by atoms with van der Waals surface area (Å²) in [5, 5.41) is 24.2. The molecule has 2 amide bonds. The van der Waals surface area contributed by atoms with E-state index in [0.717, 1.165) is 23.3 Å². The van der Waals surface area contributed by atoms with Crippen LogP contribution in [0.5, 0.6) is 11.5 Å². The van der Waals surface area contributed by atoms with Crippen molar-refractivity contribution in [2.75, 3.05) is 10.6 Å². The molecule has 2 atom stereocenters. The Hall–Kier alpha value is -6.56. The average Bonchev–Trinajstić information content (AvgIpc) is 3.63. The van der Waals surface area contributed by atoms with Crippen LogP contribution in [0.4, 0.5) is 37.7 Å². The van der Waals surface area contributed by atoms with Crippen LogP contribution in [-0.2, 0) is 32.8 Å². The van der Waals surface area contributed by atoms with E-state index in [-0.39, 0.29) is 41.4 Å². The minimum absolute atomic E-state index is 0. The number of carbonyl (C=O) groups is 2. The van der Waals surface area contributed by atoms with Crippen molar-refractivity contribution in [3.63, 3.8) is 0 Å². The topological polar surface area (TPSA) is 98.7 Å². The number of benzene rings is 6. The normalized spacial score (nSPS) is 18.3. The Bertz CT molecular complexity index is 2190. The molecule has 292 valence electrons. The zero-order valence-electron chi connectivity index (χ0n) is 29.7. The molecule has 0 saturated heterocycles. The molecule has 0 fully saturated rings. The fourth-order valence-electron chi connectivity index (χ4n) is 7.64. The summed E-state index contributed by atoms with van der Waals surface area (Å²) < 4.78 is 81.3. The first-order chi connectivity index (χ1) is 26.5. The Morgan fingerprint density at radius 3 is 1.02 bits per heavy atom. The Labute approximate surface area is 324 Å². The zero-order valence-corrected chi connectivity index (χ0v) is 29.7. The highest BCUT2D eigenvalue weighted by molar-refractivity contribution is 6.13. The first kappa shape index (κ1) is 40.1. The smallest absolute Gasteiger partial charge is 0.418 e. The van der Waals surface area contributed by atoms with Crippen LogP contribution in [0.15, 0.2) is 133 Å². The number of fused-ring (bicyclic) bond motifs is 2.